The molecular weight excluding hydrogens is 1070 g/mol. The second-order valence-corrected chi connectivity index (χ2v) is 20.0. The van der Waals surface area contributed by atoms with Crippen LogP contribution in [0.4, 0.5) is 10.1 Å². The average Bonchev–Trinajstić information content (AvgIpc) is 3.98. The van der Waals surface area contributed by atoms with Crippen LogP contribution in [0, 0.1) is 12.7 Å². The Morgan fingerprint density at radius 3 is 2.15 bits per heavy atom. The van der Waals surface area contributed by atoms with Gasteiger partial charge in [0, 0.05) is 85.5 Å². The van der Waals surface area contributed by atoms with E-state index in [-0.39, 0.29) is 60.6 Å². The Labute approximate surface area is 461 Å². The number of cyclic esters (lactones) is 1. The Balaban J connectivity index is 0.959. The molecule has 7 rings (SSSR count). The van der Waals surface area contributed by atoms with Gasteiger partial charge in [-0.2, -0.15) is 0 Å². The van der Waals surface area contributed by atoms with Crippen molar-refractivity contribution in [3.05, 3.63) is 104 Å². The van der Waals surface area contributed by atoms with Gasteiger partial charge >= 0.3 is 5.97 Å². The number of amides is 8. The largest absolute Gasteiger partial charge is 0.458 e. The van der Waals surface area contributed by atoms with E-state index in [2.05, 4.69) is 26.6 Å². The predicted molar refractivity (Wildman–Crippen MR) is 281 cm³/mol. The molecule has 0 saturated carbocycles. The summed E-state index contributed by atoms with van der Waals surface area (Å²) >= 11 is 0. The van der Waals surface area contributed by atoms with Crippen molar-refractivity contribution in [2.75, 3.05) is 32.1 Å². The highest BCUT2D eigenvalue weighted by molar-refractivity contribution is 6.13. The van der Waals surface area contributed by atoms with Gasteiger partial charge < -0.3 is 71.4 Å². The highest BCUT2D eigenvalue weighted by Gasteiger charge is 2.46. The Morgan fingerprint density at radius 1 is 0.852 bits per heavy atom. The molecule has 26 nitrogen and oxygen atoms in total. The van der Waals surface area contributed by atoms with E-state index in [1.165, 1.54) is 61.9 Å². The molecular formula is C54H62FN9O17. The van der Waals surface area contributed by atoms with Gasteiger partial charge in [0.05, 0.1) is 35.6 Å². The number of benzene rings is 2. The fourth-order valence-electron chi connectivity index (χ4n) is 9.42. The van der Waals surface area contributed by atoms with Gasteiger partial charge in [-0.15, -0.1) is 0 Å². The highest BCUT2D eigenvalue weighted by Crippen LogP contribution is 2.40. The zero-order valence-corrected chi connectivity index (χ0v) is 44.6. The summed E-state index contributed by atoms with van der Waals surface area (Å²) < 4.78 is 21.6. The van der Waals surface area contributed by atoms with E-state index in [1.54, 1.807) is 19.9 Å². The Hall–Kier alpha value is -8.34. The van der Waals surface area contributed by atoms with Crippen molar-refractivity contribution < 1.29 is 82.9 Å². The van der Waals surface area contributed by atoms with E-state index in [0.29, 0.717) is 33.5 Å². The third-order valence-electron chi connectivity index (χ3n) is 14.4. The van der Waals surface area contributed by atoms with E-state index < -0.39 is 145 Å². The fraction of sp³-hybridized carbons (Fsp3) is 0.426. The molecule has 0 aliphatic carbocycles. The number of rotatable bonds is 23. The molecule has 4 aromatic rings. The van der Waals surface area contributed by atoms with Crippen LogP contribution >= 0.6 is 0 Å². The highest BCUT2D eigenvalue weighted by atomic mass is 19.1. The molecule has 0 fully saturated rings. The first-order valence-corrected chi connectivity index (χ1v) is 25.8. The van der Waals surface area contributed by atoms with Gasteiger partial charge in [0.25, 0.3) is 23.3 Å². The molecule has 0 saturated heterocycles. The normalized spacial score (nSPS) is 17.8. The van der Waals surface area contributed by atoms with Crippen LogP contribution in [0.3, 0.4) is 0 Å². The van der Waals surface area contributed by atoms with Crippen molar-refractivity contribution in [1.29, 1.82) is 0 Å². The summed E-state index contributed by atoms with van der Waals surface area (Å²) in [5.74, 6) is -7.35. The average molecular weight is 1130 g/mol. The third-order valence-corrected chi connectivity index (χ3v) is 14.4. The first-order valence-electron chi connectivity index (χ1n) is 25.8. The fourth-order valence-corrected chi connectivity index (χ4v) is 9.42. The zero-order valence-electron chi connectivity index (χ0n) is 44.6. The van der Waals surface area contributed by atoms with Crippen molar-refractivity contribution in [3.8, 4) is 11.4 Å². The molecule has 0 radical (unpaired) electrons. The SMILES string of the molecule is CC[C@@]1(O)C(=O)OCc2c1cc1n(c2=O)Cc2c-1nc1cc(F)c(C)cc1c2CNC(=O)c1ccc(NC(=O)[C@H](C)NC(=O)[C@H](C)NC(=O)[C@H](CCC(=O)N(C)C[C@H](O)[C@@H](O)[C@H](O)[C@H](O)CO)NC(=O)CCN2C(=O)C=CC2=O)cc1. The standard InChI is InChI=1S/C54H62FN9O17/c1-6-54(80)34-18-38-45-32(21-64(38)52(78)33(34)24-81-53(54)79)31(30-17-25(2)35(55)19-37(30)61-45)20-56-50(76)28-7-9-29(10-8-28)59-49(75)27(4)57-48(74)26(3)58-51(77)36(60-41(68)15-16-63-43(70)13-14-44(63)71)11-12-42(69)62(5)22-39(66)46(72)47(73)40(67)23-65/h7-10,13-14,17-19,26-27,36,39-40,46-47,65-67,72-73,80H,6,11-12,15-16,20-24H2,1-5H3,(H,56,76)(H,57,74)(H,58,77)(H,59,75)(H,60,68)/t26-,27-,36-,39-,40+,46+,47+,54-/m0/s1. The summed E-state index contributed by atoms with van der Waals surface area (Å²) in [4.78, 5) is 137. The Kier molecular flexibility index (Phi) is 18.6. The number of nitrogens with zero attached hydrogens (tertiary/aromatic N) is 4. The third kappa shape index (κ3) is 13.0. The molecule has 81 heavy (non-hydrogen) atoms. The molecule has 8 amide bonds. The Bertz CT molecular complexity index is 3280. The van der Waals surface area contributed by atoms with Gasteiger partial charge in [-0.25, -0.2) is 14.2 Å². The predicted octanol–water partition coefficient (Wildman–Crippen LogP) is -2.12. The molecule has 0 unspecified atom stereocenters. The molecule has 27 heteroatoms. The maximum absolute atomic E-state index is 15.0. The van der Waals surface area contributed by atoms with Crippen LogP contribution < -0.4 is 32.1 Å². The summed E-state index contributed by atoms with van der Waals surface area (Å²) in [5, 5.41) is 73.8. The van der Waals surface area contributed by atoms with Crippen molar-refractivity contribution in [2.24, 2.45) is 0 Å². The van der Waals surface area contributed by atoms with Crippen molar-refractivity contribution in [3.63, 3.8) is 0 Å². The topological polar surface area (TPSA) is 386 Å². The molecule has 3 aliphatic heterocycles. The number of nitrogens with one attached hydrogen (secondary N) is 5. The van der Waals surface area contributed by atoms with Crippen molar-refractivity contribution >= 4 is 69.8 Å². The van der Waals surface area contributed by atoms with Crippen LogP contribution in [0.25, 0.3) is 22.3 Å². The van der Waals surface area contributed by atoms with Crippen LogP contribution in [0.15, 0.2) is 59.4 Å². The minimum Gasteiger partial charge on any atom is -0.458 e. The van der Waals surface area contributed by atoms with E-state index in [0.717, 1.165) is 22.0 Å². The second kappa shape index (κ2) is 25.0. The van der Waals surface area contributed by atoms with Crippen LogP contribution in [0.5, 0.6) is 0 Å². The van der Waals surface area contributed by atoms with Gasteiger partial charge in [-0.1, -0.05) is 6.92 Å². The number of aliphatic hydroxyl groups is 6. The van der Waals surface area contributed by atoms with Crippen molar-refractivity contribution in [2.45, 2.75) is 121 Å². The second-order valence-electron chi connectivity index (χ2n) is 20.0. The van der Waals surface area contributed by atoms with Gasteiger partial charge in [0.2, 0.25) is 29.5 Å². The number of fused-ring (bicyclic) bond motifs is 5. The number of anilines is 1. The molecule has 3 aliphatic rings. The van der Waals surface area contributed by atoms with Gasteiger partial charge in [-0.3, -0.25) is 48.1 Å². The number of hydrogen-bond acceptors (Lipinski definition) is 18. The number of ether oxygens (including phenoxy) is 1. The molecule has 2 aromatic carbocycles. The number of imide groups is 1. The smallest absolute Gasteiger partial charge is 0.343 e. The lowest BCUT2D eigenvalue weighted by Crippen LogP contribution is -2.55. The maximum Gasteiger partial charge on any atom is 0.343 e. The van der Waals surface area contributed by atoms with Gasteiger partial charge in [0.15, 0.2) is 5.60 Å². The number of pyridine rings is 2. The zero-order chi connectivity index (χ0) is 59.4. The number of hydrogen-bond donors (Lipinski definition) is 11. The number of esters is 1. The van der Waals surface area contributed by atoms with Crippen molar-refractivity contribution in [1.82, 2.24) is 40.6 Å². The van der Waals surface area contributed by atoms with Crippen LogP contribution in [-0.4, -0.2) is 173 Å². The lowest BCUT2D eigenvalue weighted by atomic mass is 9.86. The minimum atomic E-state index is -2.07. The molecule has 2 aromatic heterocycles. The summed E-state index contributed by atoms with van der Waals surface area (Å²) in [7, 11) is 1.22. The number of halogens is 1. The molecule has 0 bridgehead atoms. The molecule has 11 N–H and O–H groups in total. The van der Waals surface area contributed by atoms with Crippen LogP contribution in [0.1, 0.15) is 84.6 Å². The van der Waals surface area contributed by atoms with E-state index in [9.17, 15) is 73.5 Å². The first-order chi connectivity index (χ1) is 38.3. The van der Waals surface area contributed by atoms with E-state index in [1.807, 2.05) is 0 Å². The van der Waals surface area contributed by atoms with E-state index >= 15 is 4.39 Å². The molecule has 8 atom stereocenters. The summed E-state index contributed by atoms with van der Waals surface area (Å²) in [6, 6.07) is 6.01. The maximum atomic E-state index is 15.0. The number of aryl methyl sites for hydroxylation is 1. The van der Waals surface area contributed by atoms with E-state index in [4.69, 9.17) is 14.8 Å². The number of aromatic nitrogens is 2. The monoisotopic (exact) mass is 1130 g/mol. The summed E-state index contributed by atoms with van der Waals surface area (Å²) in [5.41, 5.74) is 0.244. The summed E-state index contributed by atoms with van der Waals surface area (Å²) in [6.45, 7) is 3.49. The number of likely N-dealkylation sites (N-methyl/N-ethyl adjacent to an activating group) is 1. The number of carbonyl (C=O) groups excluding carboxylic acids is 9. The molecule has 0 spiro atoms. The van der Waals surface area contributed by atoms with Gasteiger partial charge in [0.1, 0.15) is 55.0 Å². The van der Waals surface area contributed by atoms with Gasteiger partial charge in [-0.05, 0) is 81.1 Å². The van der Waals surface area contributed by atoms with Crippen LogP contribution in [0.2, 0.25) is 0 Å². The number of carbonyl (C=O) groups is 9. The lowest BCUT2D eigenvalue weighted by Gasteiger charge is -2.31. The number of aliphatic hydroxyl groups excluding tert-OH is 5. The minimum absolute atomic E-state index is 0.0105. The molecule has 5 heterocycles. The molecule has 432 valence electrons. The quantitative estimate of drug-likeness (QED) is 0.0246. The lowest BCUT2D eigenvalue weighted by molar-refractivity contribution is -0.172. The first kappa shape index (κ1) is 60.3. The van der Waals surface area contributed by atoms with Crippen LogP contribution in [-0.2, 0) is 68.4 Å². The Morgan fingerprint density at radius 2 is 1.49 bits per heavy atom. The summed E-state index contributed by atoms with van der Waals surface area (Å²) in [6.07, 6.45) is -6.87.